The van der Waals surface area contributed by atoms with Crippen LogP contribution in [-0.2, 0) is 9.53 Å². The molecule has 3 aliphatic heterocycles. The van der Waals surface area contributed by atoms with Crippen molar-refractivity contribution in [3.63, 3.8) is 0 Å². The van der Waals surface area contributed by atoms with Crippen LogP contribution in [0.3, 0.4) is 0 Å². The summed E-state index contributed by atoms with van der Waals surface area (Å²) in [6.07, 6.45) is 4.96. The highest BCUT2D eigenvalue weighted by molar-refractivity contribution is 5.73. The van der Waals surface area contributed by atoms with Gasteiger partial charge >= 0.3 is 0 Å². The minimum atomic E-state index is 0.243. The molecule has 3 aliphatic rings. The van der Waals surface area contributed by atoms with Crippen molar-refractivity contribution in [2.24, 2.45) is 11.3 Å². The Morgan fingerprint density at radius 1 is 1.26 bits per heavy atom. The van der Waals surface area contributed by atoms with E-state index in [-0.39, 0.29) is 5.91 Å². The van der Waals surface area contributed by atoms with E-state index >= 15 is 0 Å². The molecule has 1 amide bonds. The molecule has 4 heteroatoms. The summed E-state index contributed by atoms with van der Waals surface area (Å²) in [5.41, 5.74) is 0.505. The highest BCUT2D eigenvalue weighted by Crippen LogP contribution is 2.40. The lowest BCUT2D eigenvalue weighted by atomic mass is 9.78. The lowest BCUT2D eigenvalue weighted by Gasteiger charge is -2.39. The topological polar surface area (TPSA) is 32.8 Å². The van der Waals surface area contributed by atoms with Crippen LogP contribution in [-0.4, -0.2) is 61.6 Å². The van der Waals surface area contributed by atoms with E-state index in [2.05, 4.69) is 4.90 Å². The van der Waals surface area contributed by atoms with E-state index in [1.807, 2.05) is 4.90 Å². The van der Waals surface area contributed by atoms with Gasteiger partial charge in [-0.3, -0.25) is 4.79 Å². The van der Waals surface area contributed by atoms with Gasteiger partial charge in [-0.1, -0.05) is 0 Å². The maximum absolute atomic E-state index is 11.4. The Morgan fingerprint density at radius 3 is 2.63 bits per heavy atom. The number of carbonyl (C=O) groups excluding carboxylic acids is 1. The minimum Gasteiger partial charge on any atom is -0.381 e. The van der Waals surface area contributed by atoms with Crippen LogP contribution in [0.5, 0.6) is 0 Å². The molecule has 3 fully saturated rings. The zero-order valence-electron chi connectivity index (χ0n) is 12.1. The Bertz CT molecular complexity index is 331. The monoisotopic (exact) mass is 266 g/mol. The van der Waals surface area contributed by atoms with Crippen LogP contribution in [0.25, 0.3) is 0 Å². The van der Waals surface area contributed by atoms with Gasteiger partial charge in [-0.25, -0.2) is 0 Å². The summed E-state index contributed by atoms with van der Waals surface area (Å²) in [6.45, 7) is 9.26. The third kappa shape index (κ3) is 2.95. The third-order valence-corrected chi connectivity index (χ3v) is 5.33. The van der Waals surface area contributed by atoms with Gasteiger partial charge in [0.15, 0.2) is 0 Å². The predicted octanol–water partition coefficient (Wildman–Crippen LogP) is 1.36. The number of rotatable bonds is 2. The lowest BCUT2D eigenvalue weighted by molar-refractivity contribution is -0.131. The second-order valence-electron chi connectivity index (χ2n) is 6.72. The van der Waals surface area contributed by atoms with Gasteiger partial charge in [-0.2, -0.15) is 0 Å². The van der Waals surface area contributed by atoms with E-state index in [1.165, 1.54) is 45.3 Å². The van der Waals surface area contributed by atoms with E-state index in [1.54, 1.807) is 6.92 Å². The summed E-state index contributed by atoms with van der Waals surface area (Å²) in [5.74, 6) is 1.00. The molecule has 0 radical (unpaired) electrons. The maximum atomic E-state index is 11.4. The first-order valence-electron chi connectivity index (χ1n) is 7.73. The van der Waals surface area contributed by atoms with Crippen molar-refractivity contribution >= 4 is 5.91 Å². The molecule has 0 saturated carbocycles. The van der Waals surface area contributed by atoms with E-state index in [0.717, 1.165) is 32.2 Å². The molecule has 4 nitrogen and oxygen atoms in total. The third-order valence-electron chi connectivity index (χ3n) is 5.33. The molecular formula is C15H26N2O2. The standard InChI is InChI=1S/C15H26N2O2/c1-13(18)17-7-4-15(5-8-17)3-6-16(12-15)10-14-2-9-19-11-14/h14H,2-12H2,1H3/t14-/m1/s1. The highest BCUT2D eigenvalue weighted by Gasteiger charge is 2.41. The smallest absolute Gasteiger partial charge is 0.219 e. The Hall–Kier alpha value is -0.610. The van der Waals surface area contributed by atoms with Gasteiger partial charge in [0.2, 0.25) is 5.91 Å². The van der Waals surface area contributed by atoms with Crippen LogP contribution < -0.4 is 0 Å². The quantitative estimate of drug-likeness (QED) is 0.756. The molecular weight excluding hydrogens is 240 g/mol. The molecule has 0 aromatic carbocycles. The largest absolute Gasteiger partial charge is 0.381 e. The first-order chi connectivity index (χ1) is 9.17. The Kier molecular flexibility index (Phi) is 3.81. The summed E-state index contributed by atoms with van der Waals surface area (Å²) in [4.78, 5) is 16.1. The van der Waals surface area contributed by atoms with Crippen molar-refractivity contribution in [1.82, 2.24) is 9.80 Å². The number of carbonyl (C=O) groups is 1. The second kappa shape index (κ2) is 5.41. The fourth-order valence-corrected chi connectivity index (χ4v) is 3.98. The van der Waals surface area contributed by atoms with E-state index in [9.17, 15) is 4.79 Å². The maximum Gasteiger partial charge on any atom is 0.219 e. The second-order valence-corrected chi connectivity index (χ2v) is 6.72. The number of piperidine rings is 1. The molecule has 1 spiro atoms. The first-order valence-corrected chi connectivity index (χ1v) is 7.73. The Balaban J connectivity index is 1.49. The summed E-state index contributed by atoms with van der Waals surface area (Å²) >= 11 is 0. The van der Waals surface area contributed by atoms with Crippen LogP contribution in [0, 0.1) is 11.3 Å². The number of nitrogens with zero attached hydrogens (tertiary/aromatic N) is 2. The van der Waals surface area contributed by atoms with Crippen molar-refractivity contribution in [2.75, 3.05) is 45.9 Å². The number of amides is 1. The zero-order chi connectivity index (χ0) is 13.3. The Morgan fingerprint density at radius 2 is 2.00 bits per heavy atom. The fourth-order valence-electron chi connectivity index (χ4n) is 3.98. The summed E-state index contributed by atoms with van der Waals surface area (Å²) < 4.78 is 5.47. The molecule has 0 bridgehead atoms. The molecule has 0 N–H and O–H groups in total. The normalized spacial score (nSPS) is 31.2. The Labute approximate surface area is 116 Å². The van der Waals surface area contributed by atoms with Gasteiger partial charge in [-0.05, 0) is 43.6 Å². The number of likely N-dealkylation sites (tertiary alicyclic amines) is 2. The number of ether oxygens (including phenoxy) is 1. The molecule has 3 rings (SSSR count). The molecule has 3 saturated heterocycles. The highest BCUT2D eigenvalue weighted by atomic mass is 16.5. The van der Waals surface area contributed by atoms with Gasteiger partial charge < -0.3 is 14.5 Å². The average Bonchev–Trinajstić information content (AvgIpc) is 3.02. The molecule has 0 aliphatic carbocycles. The van der Waals surface area contributed by atoms with E-state index < -0.39 is 0 Å². The van der Waals surface area contributed by atoms with E-state index in [4.69, 9.17) is 4.74 Å². The van der Waals surface area contributed by atoms with E-state index in [0.29, 0.717) is 5.41 Å². The lowest BCUT2D eigenvalue weighted by Crippen LogP contribution is -2.43. The van der Waals surface area contributed by atoms with Crippen LogP contribution in [0.15, 0.2) is 0 Å². The van der Waals surface area contributed by atoms with Crippen molar-refractivity contribution < 1.29 is 9.53 Å². The average molecular weight is 266 g/mol. The molecule has 0 aromatic rings. The predicted molar refractivity (Wildman–Crippen MR) is 73.9 cm³/mol. The van der Waals surface area contributed by atoms with Crippen molar-refractivity contribution in [1.29, 1.82) is 0 Å². The molecule has 1 atom stereocenters. The summed E-state index contributed by atoms with van der Waals surface area (Å²) in [7, 11) is 0. The number of hydrogen-bond acceptors (Lipinski definition) is 3. The molecule has 19 heavy (non-hydrogen) atoms. The molecule has 3 heterocycles. The molecule has 108 valence electrons. The minimum absolute atomic E-state index is 0.243. The van der Waals surface area contributed by atoms with Crippen LogP contribution in [0.1, 0.15) is 32.6 Å². The summed E-state index contributed by atoms with van der Waals surface area (Å²) in [5, 5.41) is 0. The van der Waals surface area contributed by atoms with Gasteiger partial charge in [0.25, 0.3) is 0 Å². The fraction of sp³-hybridized carbons (Fsp3) is 0.933. The first kappa shape index (κ1) is 13.4. The van der Waals surface area contributed by atoms with Gasteiger partial charge in [-0.15, -0.1) is 0 Å². The molecule has 0 aromatic heterocycles. The van der Waals surface area contributed by atoms with Crippen LogP contribution >= 0.6 is 0 Å². The number of hydrogen-bond donors (Lipinski definition) is 0. The zero-order valence-corrected chi connectivity index (χ0v) is 12.1. The van der Waals surface area contributed by atoms with Crippen LogP contribution in [0.2, 0.25) is 0 Å². The van der Waals surface area contributed by atoms with Crippen LogP contribution in [0.4, 0.5) is 0 Å². The SMILES string of the molecule is CC(=O)N1CCC2(CCN(C[C@H]3CCOC3)C2)CC1. The molecule has 0 unspecified atom stereocenters. The van der Waals surface area contributed by atoms with Crippen molar-refractivity contribution in [2.45, 2.75) is 32.6 Å². The van der Waals surface area contributed by atoms with Gasteiger partial charge in [0, 0.05) is 39.7 Å². The van der Waals surface area contributed by atoms with Crippen molar-refractivity contribution in [3.8, 4) is 0 Å². The van der Waals surface area contributed by atoms with Gasteiger partial charge in [0.1, 0.15) is 0 Å². The summed E-state index contributed by atoms with van der Waals surface area (Å²) in [6, 6.07) is 0. The van der Waals surface area contributed by atoms with Crippen molar-refractivity contribution in [3.05, 3.63) is 0 Å². The van der Waals surface area contributed by atoms with Gasteiger partial charge in [0.05, 0.1) is 6.61 Å².